The normalized spacial score (nSPS) is 11.4. The van der Waals surface area contributed by atoms with Gasteiger partial charge in [0.05, 0.1) is 0 Å². The number of rotatable bonds is 6. The number of ketones is 1. The van der Waals surface area contributed by atoms with E-state index in [-0.39, 0.29) is 17.1 Å². The van der Waals surface area contributed by atoms with Crippen LogP contribution in [0.2, 0.25) is 0 Å². The first-order valence-electron chi connectivity index (χ1n) is 4.95. The van der Waals surface area contributed by atoms with Crippen LogP contribution in [0.1, 0.15) is 27.2 Å². The van der Waals surface area contributed by atoms with Crippen molar-refractivity contribution in [2.45, 2.75) is 27.2 Å². The molecule has 0 aromatic heterocycles. The third kappa shape index (κ3) is 7.67. The van der Waals surface area contributed by atoms with Crippen molar-refractivity contribution in [1.29, 1.82) is 0 Å². The fraction of sp³-hybridized carbons (Fsp3) is 0.500. The van der Waals surface area contributed by atoms with Crippen LogP contribution < -0.4 is 5.32 Å². The van der Waals surface area contributed by atoms with Gasteiger partial charge in [0.2, 0.25) is 5.91 Å². The highest BCUT2D eigenvalue weighted by Gasteiger charge is 2.15. The minimum absolute atomic E-state index is 0.00146. The molecule has 84 valence electrons. The van der Waals surface area contributed by atoms with Gasteiger partial charge in [-0.05, 0) is 24.8 Å². The van der Waals surface area contributed by atoms with Gasteiger partial charge in [0, 0.05) is 12.6 Å². The number of carbonyl (C=O) groups is 2. The molecule has 0 aromatic carbocycles. The summed E-state index contributed by atoms with van der Waals surface area (Å²) in [5.74, 6) is -0.363. The summed E-state index contributed by atoms with van der Waals surface area (Å²) in [7, 11) is 0. The largest absolute Gasteiger partial charge is 0.352 e. The summed E-state index contributed by atoms with van der Waals surface area (Å²) in [5.41, 5.74) is 0.00146. The Morgan fingerprint density at radius 1 is 1.33 bits per heavy atom. The lowest BCUT2D eigenvalue weighted by molar-refractivity contribution is -0.117. The predicted octanol–water partition coefficient (Wildman–Crippen LogP) is 1.85. The van der Waals surface area contributed by atoms with Crippen molar-refractivity contribution in [3.8, 4) is 0 Å². The van der Waals surface area contributed by atoms with E-state index < -0.39 is 0 Å². The summed E-state index contributed by atoms with van der Waals surface area (Å²) in [6.45, 7) is 9.73. The topological polar surface area (TPSA) is 46.2 Å². The van der Waals surface area contributed by atoms with Crippen molar-refractivity contribution >= 4 is 11.7 Å². The quantitative estimate of drug-likeness (QED) is 0.536. The van der Waals surface area contributed by atoms with E-state index in [0.717, 1.165) is 6.42 Å². The lowest BCUT2D eigenvalue weighted by Gasteiger charge is -2.22. The van der Waals surface area contributed by atoms with E-state index in [1.54, 1.807) is 0 Å². The van der Waals surface area contributed by atoms with E-state index in [1.165, 1.54) is 19.1 Å². The molecule has 0 bridgehead atoms. The molecule has 0 spiro atoms. The molecule has 3 heteroatoms. The van der Waals surface area contributed by atoms with Crippen LogP contribution in [0.15, 0.2) is 24.8 Å². The fourth-order valence-corrected chi connectivity index (χ4v) is 1.04. The number of carbonyl (C=O) groups excluding carboxylic acids is 2. The Labute approximate surface area is 91.2 Å². The SMILES string of the molecule is C=CCC(C)(C)CNC(=O)/C=C/C(C)=O. The molecule has 0 saturated heterocycles. The maximum Gasteiger partial charge on any atom is 0.244 e. The molecular formula is C12H19NO2. The molecule has 0 heterocycles. The number of hydrogen-bond acceptors (Lipinski definition) is 2. The Bertz CT molecular complexity index is 277. The first-order chi connectivity index (χ1) is 6.87. The summed E-state index contributed by atoms with van der Waals surface area (Å²) in [4.78, 5) is 21.8. The number of nitrogens with one attached hydrogen (secondary N) is 1. The molecule has 0 fully saturated rings. The van der Waals surface area contributed by atoms with E-state index in [9.17, 15) is 9.59 Å². The van der Waals surface area contributed by atoms with Crippen LogP contribution in [0, 0.1) is 5.41 Å². The molecule has 0 saturated carbocycles. The van der Waals surface area contributed by atoms with Gasteiger partial charge in [-0.1, -0.05) is 19.9 Å². The number of amides is 1. The van der Waals surface area contributed by atoms with E-state index in [0.29, 0.717) is 6.54 Å². The first kappa shape index (κ1) is 13.6. The predicted molar refractivity (Wildman–Crippen MR) is 61.4 cm³/mol. The molecule has 1 amide bonds. The number of hydrogen-bond donors (Lipinski definition) is 1. The summed E-state index contributed by atoms with van der Waals surface area (Å²) in [6, 6.07) is 0. The van der Waals surface area contributed by atoms with Crippen LogP contribution >= 0.6 is 0 Å². The molecule has 0 unspecified atom stereocenters. The van der Waals surface area contributed by atoms with Crippen molar-refractivity contribution < 1.29 is 9.59 Å². The van der Waals surface area contributed by atoms with Crippen molar-refractivity contribution in [2.24, 2.45) is 5.41 Å². The molecule has 0 aliphatic heterocycles. The Kier molecular flexibility index (Phi) is 5.60. The lowest BCUT2D eigenvalue weighted by Crippen LogP contribution is -2.32. The molecule has 0 atom stereocenters. The third-order valence-corrected chi connectivity index (χ3v) is 1.91. The standard InChI is InChI=1S/C12H19NO2/c1-5-8-12(3,4)9-13-11(15)7-6-10(2)14/h5-7H,1,8-9H2,2-4H3,(H,13,15)/b7-6+. The number of allylic oxidation sites excluding steroid dienone is 2. The summed E-state index contributed by atoms with van der Waals surface area (Å²) in [6.07, 6.45) is 5.18. The smallest absolute Gasteiger partial charge is 0.244 e. The highest BCUT2D eigenvalue weighted by Crippen LogP contribution is 2.18. The minimum Gasteiger partial charge on any atom is -0.352 e. The van der Waals surface area contributed by atoms with Crippen LogP contribution in [-0.4, -0.2) is 18.2 Å². The Hall–Kier alpha value is -1.38. The fourth-order valence-electron chi connectivity index (χ4n) is 1.04. The second-order valence-electron chi connectivity index (χ2n) is 4.32. The average Bonchev–Trinajstić information content (AvgIpc) is 2.11. The van der Waals surface area contributed by atoms with Gasteiger partial charge in [-0.25, -0.2) is 0 Å². The van der Waals surface area contributed by atoms with E-state index in [2.05, 4.69) is 11.9 Å². The molecule has 0 aliphatic carbocycles. The van der Waals surface area contributed by atoms with Gasteiger partial charge in [0.25, 0.3) is 0 Å². The second-order valence-corrected chi connectivity index (χ2v) is 4.32. The van der Waals surface area contributed by atoms with Gasteiger partial charge in [-0.15, -0.1) is 6.58 Å². The van der Waals surface area contributed by atoms with Crippen LogP contribution in [0.4, 0.5) is 0 Å². The van der Waals surface area contributed by atoms with Crippen molar-refractivity contribution in [2.75, 3.05) is 6.54 Å². The summed E-state index contributed by atoms with van der Waals surface area (Å²) >= 11 is 0. The monoisotopic (exact) mass is 209 g/mol. The molecule has 0 radical (unpaired) electrons. The van der Waals surface area contributed by atoms with Crippen LogP contribution in [0.5, 0.6) is 0 Å². The molecular weight excluding hydrogens is 190 g/mol. The second kappa shape index (κ2) is 6.17. The molecule has 15 heavy (non-hydrogen) atoms. The molecule has 0 aliphatic rings. The van der Waals surface area contributed by atoms with Gasteiger partial charge in [0.1, 0.15) is 0 Å². The average molecular weight is 209 g/mol. The Morgan fingerprint density at radius 3 is 2.40 bits per heavy atom. The molecule has 0 aromatic rings. The van der Waals surface area contributed by atoms with Gasteiger partial charge < -0.3 is 5.32 Å². The third-order valence-electron chi connectivity index (χ3n) is 1.91. The lowest BCUT2D eigenvalue weighted by atomic mass is 9.89. The molecule has 0 rings (SSSR count). The van der Waals surface area contributed by atoms with Gasteiger partial charge in [-0.2, -0.15) is 0 Å². The van der Waals surface area contributed by atoms with Crippen LogP contribution in [-0.2, 0) is 9.59 Å². The van der Waals surface area contributed by atoms with E-state index in [4.69, 9.17) is 0 Å². The van der Waals surface area contributed by atoms with Crippen LogP contribution in [0.3, 0.4) is 0 Å². The van der Waals surface area contributed by atoms with E-state index >= 15 is 0 Å². The minimum atomic E-state index is -0.234. The van der Waals surface area contributed by atoms with Gasteiger partial charge >= 0.3 is 0 Å². The van der Waals surface area contributed by atoms with Crippen molar-refractivity contribution in [3.63, 3.8) is 0 Å². The van der Waals surface area contributed by atoms with Crippen molar-refractivity contribution in [3.05, 3.63) is 24.8 Å². The zero-order valence-electron chi connectivity index (χ0n) is 9.67. The maximum atomic E-state index is 11.2. The highest BCUT2D eigenvalue weighted by molar-refractivity contribution is 5.96. The molecule has 3 nitrogen and oxygen atoms in total. The first-order valence-corrected chi connectivity index (χ1v) is 4.95. The zero-order valence-corrected chi connectivity index (χ0v) is 9.67. The summed E-state index contributed by atoms with van der Waals surface area (Å²) < 4.78 is 0. The van der Waals surface area contributed by atoms with E-state index in [1.807, 2.05) is 19.9 Å². The Morgan fingerprint density at radius 2 is 1.93 bits per heavy atom. The molecule has 1 N–H and O–H groups in total. The van der Waals surface area contributed by atoms with Crippen LogP contribution in [0.25, 0.3) is 0 Å². The van der Waals surface area contributed by atoms with Crippen molar-refractivity contribution in [1.82, 2.24) is 5.32 Å². The summed E-state index contributed by atoms with van der Waals surface area (Å²) in [5, 5.41) is 2.74. The maximum absolute atomic E-state index is 11.2. The van der Waals surface area contributed by atoms with Gasteiger partial charge in [-0.3, -0.25) is 9.59 Å². The Balaban J connectivity index is 4.00. The highest BCUT2D eigenvalue weighted by atomic mass is 16.1. The zero-order chi connectivity index (χ0) is 11.9. The van der Waals surface area contributed by atoms with Gasteiger partial charge in [0.15, 0.2) is 5.78 Å².